The van der Waals surface area contributed by atoms with Crippen LogP contribution in [0.25, 0.3) is 0 Å². The Morgan fingerprint density at radius 3 is 2.07 bits per heavy atom. The van der Waals surface area contributed by atoms with Crippen molar-refractivity contribution >= 4 is 0 Å². The lowest BCUT2D eigenvalue weighted by atomic mass is 9.86. The summed E-state index contributed by atoms with van der Waals surface area (Å²) >= 11 is 0. The molecule has 1 aromatic carbocycles. The van der Waals surface area contributed by atoms with E-state index in [-0.39, 0.29) is 5.41 Å². The highest BCUT2D eigenvalue weighted by molar-refractivity contribution is 5.28. The highest BCUT2D eigenvalue weighted by Crippen LogP contribution is 2.22. The number of rotatable bonds is 2. The van der Waals surface area contributed by atoms with E-state index >= 15 is 0 Å². The van der Waals surface area contributed by atoms with E-state index in [0.29, 0.717) is 0 Å². The lowest BCUT2D eigenvalue weighted by molar-refractivity contribution is 0.590. The summed E-state index contributed by atoms with van der Waals surface area (Å²) in [5.74, 6) is 0. The minimum absolute atomic E-state index is 0.263. The van der Waals surface area contributed by atoms with Crippen molar-refractivity contribution in [2.24, 2.45) is 0 Å². The van der Waals surface area contributed by atoms with Gasteiger partial charge >= 0.3 is 0 Å². The van der Waals surface area contributed by atoms with Gasteiger partial charge in [0.05, 0.1) is 0 Å². The Bertz CT molecular complexity index is 296. The van der Waals surface area contributed by atoms with Crippen molar-refractivity contribution in [1.29, 1.82) is 0 Å². The maximum Gasteiger partial charge on any atom is -0.00976 e. The Morgan fingerprint density at radius 1 is 1.07 bits per heavy atom. The van der Waals surface area contributed by atoms with Gasteiger partial charge in [-0.05, 0) is 29.9 Å². The largest absolute Gasteiger partial charge is 0.0913 e. The van der Waals surface area contributed by atoms with E-state index in [0.717, 1.165) is 6.42 Å². The van der Waals surface area contributed by atoms with Crippen molar-refractivity contribution < 1.29 is 0 Å². The molecular weight excluding hydrogens is 168 g/mol. The lowest BCUT2D eigenvalue weighted by Crippen LogP contribution is -2.10. The highest BCUT2D eigenvalue weighted by Gasteiger charge is 2.12. The maximum atomic E-state index is 2.24. The first-order valence-electron chi connectivity index (χ1n) is 5.24. The predicted octanol–water partition coefficient (Wildman–Crippen LogP) is 4.10. The van der Waals surface area contributed by atoms with Crippen LogP contribution in [0.3, 0.4) is 0 Å². The summed E-state index contributed by atoms with van der Waals surface area (Å²) in [5.41, 5.74) is 3.05. The van der Waals surface area contributed by atoms with Crippen molar-refractivity contribution in [1.82, 2.24) is 0 Å². The fourth-order valence-corrected chi connectivity index (χ4v) is 1.39. The molecule has 0 bridgehead atoms. The third kappa shape index (κ3) is 3.02. The molecule has 0 amide bonds. The fourth-order valence-electron chi connectivity index (χ4n) is 1.39. The first kappa shape index (κ1) is 11.0. The molecule has 0 spiro atoms. The first-order chi connectivity index (χ1) is 6.54. The zero-order valence-electron chi connectivity index (χ0n) is 9.67. The molecule has 1 rings (SSSR count). The molecule has 0 heteroatoms. The minimum atomic E-state index is 0.263. The molecule has 0 unspecified atom stereocenters. The molecule has 0 N–H and O–H groups in total. The van der Waals surface area contributed by atoms with Crippen LogP contribution in [0.2, 0.25) is 0 Å². The van der Waals surface area contributed by atoms with Gasteiger partial charge in [0.25, 0.3) is 0 Å². The molecule has 14 heavy (non-hydrogen) atoms. The third-order valence-electron chi connectivity index (χ3n) is 2.41. The quantitative estimate of drug-likeness (QED) is 0.613. The van der Waals surface area contributed by atoms with Gasteiger partial charge in [-0.1, -0.05) is 57.2 Å². The molecule has 0 radical (unpaired) electrons. The second kappa shape index (κ2) is 4.45. The van der Waals surface area contributed by atoms with E-state index in [1.54, 1.807) is 0 Å². The number of allylic oxidation sites excluding steroid dienone is 2. The smallest absolute Gasteiger partial charge is 0.00976 e. The molecule has 0 aliphatic carbocycles. The van der Waals surface area contributed by atoms with Gasteiger partial charge in [0.2, 0.25) is 0 Å². The summed E-state index contributed by atoms with van der Waals surface area (Å²) in [6, 6.07) is 8.92. The van der Waals surface area contributed by atoms with Gasteiger partial charge in [0.1, 0.15) is 0 Å². The maximum absolute atomic E-state index is 2.24. The molecule has 0 aromatic heterocycles. The summed E-state index contributed by atoms with van der Waals surface area (Å²) in [6.45, 7) is 8.79. The molecule has 0 atom stereocenters. The van der Waals surface area contributed by atoms with E-state index in [9.17, 15) is 0 Å². The van der Waals surface area contributed by atoms with Crippen LogP contribution in [0.4, 0.5) is 0 Å². The summed E-state index contributed by atoms with van der Waals surface area (Å²) in [6.07, 6.45) is 5.32. The Balaban J connectivity index is 2.79. The SMILES string of the molecule is C/C=C/Cc1ccc(C(C)(C)C)cc1. The van der Waals surface area contributed by atoms with E-state index < -0.39 is 0 Å². The Morgan fingerprint density at radius 2 is 1.64 bits per heavy atom. The average Bonchev–Trinajstić information content (AvgIpc) is 2.14. The fraction of sp³-hybridized carbons (Fsp3) is 0.429. The molecule has 0 aliphatic rings. The molecule has 0 aliphatic heterocycles. The molecule has 0 saturated carbocycles. The van der Waals surface area contributed by atoms with Crippen LogP contribution >= 0.6 is 0 Å². The van der Waals surface area contributed by atoms with Crippen LogP contribution < -0.4 is 0 Å². The summed E-state index contributed by atoms with van der Waals surface area (Å²) < 4.78 is 0. The van der Waals surface area contributed by atoms with Gasteiger partial charge in [-0.2, -0.15) is 0 Å². The Kier molecular flexibility index (Phi) is 3.51. The zero-order chi connectivity index (χ0) is 10.6. The third-order valence-corrected chi connectivity index (χ3v) is 2.41. The standard InChI is InChI=1S/C14H20/c1-5-6-7-12-8-10-13(11-9-12)14(2,3)4/h5-6,8-11H,7H2,1-4H3/b6-5+. The van der Waals surface area contributed by atoms with Gasteiger partial charge in [-0.25, -0.2) is 0 Å². The average molecular weight is 188 g/mol. The second-order valence-corrected chi connectivity index (χ2v) is 4.72. The molecule has 0 fully saturated rings. The first-order valence-corrected chi connectivity index (χ1v) is 5.24. The van der Waals surface area contributed by atoms with E-state index in [2.05, 4.69) is 64.1 Å². The predicted molar refractivity (Wildman–Crippen MR) is 63.7 cm³/mol. The topological polar surface area (TPSA) is 0 Å². The van der Waals surface area contributed by atoms with E-state index in [1.165, 1.54) is 11.1 Å². The van der Waals surface area contributed by atoms with Crippen molar-refractivity contribution in [2.45, 2.75) is 39.5 Å². The van der Waals surface area contributed by atoms with Gasteiger partial charge in [0, 0.05) is 0 Å². The van der Waals surface area contributed by atoms with E-state index in [1.807, 2.05) is 0 Å². The van der Waals surface area contributed by atoms with Crippen molar-refractivity contribution in [3.63, 3.8) is 0 Å². The molecule has 1 aromatic rings. The van der Waals surface area contributed by atoms with Crippen LogP contribution in [0.1, 0.15) is 38.8 Å². The Labute approximate surface area is 87.7 Å². The molecule has 0 saturated heterocycles. The van der Waals surface area contributed by atoms with Crippen molar-refractivity contribution in [3.05, 3.63) is 47.5 Å². The van der Waals surface area contributed by atoms with Crippen LogP contribution in [-0.2, 0) is 11.8 Å². The lowest BCUT2D eigenvalue weighted by Gasteiger charge is -2.18. The van der Waals surface area contributed by atoms with Gasteiger partial charge in [0.15, 0.2) is 0 Å². The summed E-state index contributed by atoms with van der Waals surface area (Å²) in [4.78, 5) is 0. The van der Waals surface area contributed by atoms with Crippen molar-refractivity contribution in [3.8, 4) is 0 Å². The van der Waals surface area contributed by atoms with Crippen LogP contribution in [-0.4, -0.2) is 0 Å². The normalized spacial score (nSPS) is 12.3. The number of hydrogen-bond donors (Lipinski definition) is 0. The molecule has 0 heterocycles. The van der Waals surface area contributed by atoms with E-state index in [4.69, 9.17) is 0 Å². The summed E-state index contributed by atoms with van der Waals surface area (Å²) in [5, 5.41) is 0. The molecule has 0 nitrogen and oxygen atoms in total. The molecular formula is C14H20. The van der Waals surface area contributed by atoms with Gasteiger partial charge < -0.3 is 0 Å². The number of benzene rings is 1. The van der Waals surface area contributed by atoms with Gasteiger partial charge in [-0.15, -0.1) is 0 Å². The highest BCUT2D eigenvalue weighted by atomic mass is 14.2. The monoisotopic (exact) mass is 188 g/mol. The van der Waals surface area contributed by atoms with Gasteiger partial charge in [-0.3, -0.25) is 0 Å². The molecule has 76 valence electrons. The number of hydrogen-bond acceptors (Lipinski definition) is 0. The summed E-state index contributed by atoms with van der Waals surface area (Å²) in [7, 11) is 0. The van der Waals surface area contributed by atoms with Crippen LogP contribution in [0.15, 0.2) is 36.4 Å². The van der Waals surface area contributed by atoms with Crippen LogP contribution in [0, 0.1) is 0 Å². The van der Waals surface area contributed by atoms with Crippen molar-refractivity contribution in [2.75, 3.05) is 0 Å². The minimum Gasteiger partial charge on any atom is -0.0913 e. The zero-order valence-corrected chi connectivity index (χ0v) is 9.67. The second-order valence-electron chi connectivity index (χ2n) is 4.72. The Hall–Kier alpha value is -1.04. The van der Waals surface area contributed by atoms with Crippen LogP contribution in [0.5, 0.6) is 0 Å².